The van der Waals surface area contributed by atoms with Crippen LogP contribution in [0.1, 0.15) is 24.1 Å². The summed E-state index contributed by atoms with van der Waals surface area (Å²) in [6, 6.07) is 25.4. The van der Waals surface area contributed by atoms with E-state index >= 15 is 0 Å². The van der Waals surface area contributed by atoms with Gasteiger partial charge in [0, 0.05) is 17.7 Å². The van der Waals surface area contributed by atoms with Gasteiger partial charge in [-0.25, -0.2) is 9.98 Å². The molecule has 2 heterocycles. The van der Waals surface area contributed by atoms with Crippen molar-refractivity contribution in [1.82, 2.24) is 19.3 Å². The summed E-state index contributed by atoms with van der Waals surface area (Å²) in [7, 11) is 0. The highest BCUT2D eigenvalue weighted by molar-refractivity contribution is 14.1. The molecule has 0 amide bonds. The number of halogens is 1. The first-order chi connectivity index (χ1) is 16.6. The van der Waals surface area contributed by atoms with Crippen molar-refractivity contribution in [3.63, 3.8) is 0 Å². The van der Waals surface area contributed by atoms with E-state index in [4.69, 9.17) is 9.98 Å². The minimum atomic E-state index is 0.764. The van der Waals surface area contributed by atoms with E-state index in [0.29, 0.717) is 0 Å². The number of hydrogen-bond donors (Lipinski definition) is 0. The van der Waals surface area contributed by atoms with Gasteiger partial charge in [0.05, 0.1) is 33.2 Å². The van der Waals surface area contributed by atoms with E-state index in [2.05, 4.69) is 107 Å². The number of aliphatic imine (C=N–C) groups is 1. The van der Waals surface area contributed by atoms with Crippen molar-refractivity contribution in [2.75, 3.05) is 0 Å². The van der Waals surface area contributed by atoms with Crippen molar-refractivity contribution < 1.29 is 0 Å². The predicted octanol–water partition coefficient (Wildman–Crippen LogP) is 7.35. The third-order valence-corrected chi connectivity index (χ3v) is 6.85. The number of rotatable bonds is 6. The van der Waals surface area contributed by atoms with Crippen LogP contribution in [0, 0.1) is 13.8 Å². The molecule has 170 valence electrons. The Morgan fingerprint density at radius 1 is 0.882 bits per heavy atom. The summed E-state index contributed by atoms with van der Waals surface area (Å²) in [6.45, 7) is 7.00. The second-order valence-corrected chi connectivity index (χ2v) is 8.88. The van der Waals surface area contributed by atoms with Gasteiger partial charge >= 0.3 is 0 Å². The molecular formula is C28H26IN5. The zero-order valence-corrected chi connectivity index (χ0v) is 21.7. The van der Waals surface area contributed by atoms with Gasteiger partial charge in [-0.15, -0.1) is 0 Å². The minimum absolute atomic E-state index is 0.764. The molecule has 0 spiro atoms. The summed E-state index contributed by atoms with van der Waals surface area (Å²) >= 11 is 2.41. The number of aromatic nitrogens is 4. The first-order valence-electron chi connectivity index (χ1n) is 11.4. The molecule has 0 aliphatic carbocycles. The lowest BCUT2D eigenvalue weighted by molar-refractivity contribution is 0.634. The lowest BCUT2D eigenvalue weighted by atomic mass is 9.98. The maximum absolute atomic E-state index is 5.13. The minimum Gasteiger partial charge on any atom is -0.313 e. The second kappa shape index (κ2) is 9.54. The molecule has 5 rings (SSSR count). The molecule has 5 nitrogen and oxygen atoms in total. The quantitative estimate of drug-likeness (QED) is 0.124. The number of benzene rings is 3. The van der Waals surface area contributed by atoms with Crippen LogP contribution in [0.5, 0.6) is 0 Å². The molecule has 34 heavy (non-hydrogen) atoms. The highest BCUT2D eigenvalue weighted by Crippen LogP contribution is 2.36. The third kappa shape index (κ3) is 3.96. The van der Waals surface area contributed by atoms with Crippen LogP contribution in [0.2, 0.25) is 0 Å². The molecule has 3 aromatic carbocycles. The van der Waals surface area contributed by atoms with Crippen molar-refractivity contribution in [2.45, 2.75) is 31.9 Å². The Balaban J connectivity index is 1.75. The number of aryl methyl sites for hydroxylation is 2. The van der Waals surface area contributed by atoms with E-state index in [0.717, 1.165) is 56.2 Å². The Hall–Kier alpha value is -3.26. The number of fused-ring (bicyclic) bond motifs is 1. The van der Waals surface area contributed by atoms with E-state index in [1.807, 2.05) is 30.0 Å². The summed E-state index contributed by atoms with van der Waals surface area (Å²) in [5.41, 5.74) is 9.67. The fourth-order valence-electron chi connectivity index (χ4n) is 4.48. The average Bonchev–Trinajstić information content (AvgIpc) is 3.39. The lowest BCUT2D eigenvalue weighted by Gasteiger charge is -2.11. The van der Waals surface area contributed by atoms with Crippen LogP contribution in [-0.2, 0) is 11.1 Å². The standard InChI is InChI=1S/C28H26IN5/c1-4-34-20(3)26(19(2)32-34)30-17-25-31-27-23(21-11-7-5-8-12-21)15-16-24(28(27)33(25)18-29)22-13-9-6-10-14-22/h5-17H,4,18H2,1-3H3. The Morgan fingerprint density at radius 3 is 2.09 bits per heavy atom. The van der Waals surface area contributed by atoms with E-state index in [-0.39, 0.29) is 0 Å². The Bertz CT molecular complexity index is 1480. The summed E-state index contributed by atoms with van der Waals surface area (Å²) in [5, 5.41) is 4.61. The zero-order valence-electron chi connectivity index (χ0n) is 19.5. The molecule has 5 aromatic rings. The molecule has 6 heteroatoms. The molecule has 0 atom stereocenters. The Kier molecular flexibility index (Phi) is 6.32. The molecule has 2 aromatic heterocycles. The molecule has 0 fully saturated rings. The summed E-state index contributed by atoms with van der Waals surface area (Å²) in [5.74, 6) is 0.841. The first kappa shape index (κ1) is 22.5. The van der Waals surface area contributed by atoms with Crippen molar-refractivity contribution in [3.8, 4) is 22.3 Å². The van der Waals surface area contributed by atoms with Crippen molar-refractivity contribution >= 4 is 45.5 Å². The normalized spacial score (nSPS) is 11.6. The molecule has 0 saturated heterocycles. The van der Waals surface area contributed by atoms with Crippen molar-refractivity contribution in [1.29, 1.82) is 0 Å². The van der Waals surface area contributed by atoms with Crippen LogP contribution < -0.4 is 0 Å². The van der Waals surface area contributed by atoms with E-state index < -0.39 is 0 Å². The van der Waals surface area contributed by atoms with Gasteiger partial charge in [0.1, 0.15) is 5.69 Å². The van der Waals surface area contributed by atoms with Gasteiger partial charge < -0.3 is 4.57 Å². The van der Waals surface area contributed by atoms with Crippen LogP contribution >= 0.6 is 22.6 Å². The van der Waals surface area contributed by atoms with Gasteiger partial charge in [-0.2, -0.15) is 5.10 Å². The van der Waals surface area contributed by atoms with Crippen LogP contribution in [-0.4, -0.2) is 25.5 Å². The number of alkyl halides is 1. The topological polar surface area (TPSA) is 48.0 Å². The number of imidazole rings is 1. The van der Waals surface area contributed by atoms with Crippen LogP contribution in [0.4, 0.5) is 5.69 Å². The monoisotopic (exact) mass is 559 g/mol. The zero-order chi connectivity index (χ0) is 23.7. The third-order valence-electron chi connectivity index (χ3n) is 6.17. The summed E-state index contributed by atoms with van der Waals surface area (Å²) in [4.78, 5) is 9.99. The van der Waals surface area contributed by atoms with Crippen LogP contribution in [0.3, 0.4) is 0 Å². The van der Waals surface area contributed by atoms with Gasteiger partial charge in [-0.05, 0) is 31.9 Å². The van der Waals surface area contributed by atoms with Gasteiger partial charge in [0.15, 0.2) is 5.82 Å². The van der Waals surface area contributed by atoms with Crippen LogP contribution in [0.15, 0.2) is 77.8 Å². The first-order valence-corrected chi connectivity index (χ1v) is 12.9. The van der Waals surface area contributed by atoms with Gasteiger partial charge in [-0.3, -0.25) is 4.68 Å². The van der Waals surface area contributed by atoms with Crippen molar-refractivity contribution in [3.05, 3.63) is 90.0 Å². The van der Waals surface area contributed by atoms with Gasteiger partial charge in [0.2, 0.25) is 0 Å². The molecule has 0 aliphatic heterocycles. The molecule has 0 unspecified atom stereocenters. The van der Waals surface area contributed by atoms with Gasteiger partial charge in [0.25, 0.3) is 0 Å². The van der Waals surface area contributed by atoms with E-state index in [1.54, 1.807) is 0 Å². The largest absolute Gasteiger partial charge is 0.313 e. The fraction of sp³-hybridized carbons (Fsp3) is 0.179. The van der Waals surface area contributed by atoms with Crippen LogP contribution in [0.25, 0.3) is 33.3 Å². The summed E-state index contributed by atoms with van der Waals surface area (Å²) < 4.78 is 5.01. The smallest absolute Gasteiger partial charge is 0.153 e. The maximum atomic E-state index is 5.13. The highest BCUT2D eigenvalue weighted by Gasteiger charge is 2.18. The molecule has 0 N–H and O–H groups in total. The molecular weight excluding hydrogens is 533 g/mol. The highest BCUT2D eigenvalue weighted by atomic mass is 127. The molecule has 0 aliphatic rings. The maximum Gasteiger partial charge on any atom is 0.153 e. The predicted molar refractivity (Wildman–Crippen MR) is 149 cm³/mol. The fourth-order valence-corrected chi connectivity index (χ4v) is 5.17. The number of hydrogen-bond acceptors (Lipinski definition) is 3. The SMILES string of the molecule is CCn1nc(C)c(N=Cc2nc3c(-c4ccccc4)ccc(-c4ccccc4)c3n2CI)c1C. The Morgan fingerprint density at radius 2 is 1.50 bits per heavy atom. The lowest BCUT2D eigenvalue weighted by Crippen LogP contribution is -2.00. The van der Waals surface area contributed by atoms with Crippen molar-refractivity contribution in [2.24, 2.45) is 4.99 Å². The average molecular weight is 559 g/mol. The summed E-state index contributed by atoms with van der Waals surface area (Å²) in [6.07, 6.45) is 1.89. The van der Waals surface area contributed by atoms with E-state index in [1.165, 1.54) is 11.1 Å². The number of nitrogens with zero attached hydrogens (tertiary/aromatic N) is 5. The van der Waals surface area contributed by atoms with Gasteiger partial charge in [-0.1, -0.05) is 95.4 Å². The molecule has 0 bridgehead atoms. The molecule has 0 saturated carbocycles. The molecule has 0 radical (unpaired) electrons. The van der Waals surface area contributed by atoms with E-state index in [9.17, 15) is 0 Å². The second-order valence-electron chi connectivity index (χ2n) is 8.20. The Labute approximate surface area is 213 Å².